The first-order chi connectivity index (χ1) is 13.8. The summed E-state index contributed by atoms with van der Waals surface area (Å²) in [5, 5.41) is 30.6. The van der Waals surface area contributed by atoms with Crippen LogP contribution in [0.2, 0.25) is 0 Å². The molecule has 0 radical (unpaired) electrons. The van der Waals surface area contributed by atoms with Crippen LogP contribution in [0.25, 0.3) is 0 Å². The Morgan fingerprint density at radius 2 is 1.65 bits per heavy atom. The van der Waals surface area contributed by atoms with Crippen molar-refractivity contribution in [3.8, 4) is 0 Å². The van der Waals surface area contributed by atoms with Crippen LogP contribution >= 0.6 is 24.8 Å². The fourth-order valence-corrected chi connectivity index (χ4v) is 3.21. The van der Waals surface area contributed by atoms with Crippen molar-refractivity contribution in [1.82, 2.24) is 9.80 Å². The van der Waals surface area contributed by atoms with Gasteiger partial charge in [0.15, 0.2) is 0 Å². The van der Waals surface area contributed by atoms with Crippen molar-refractivity contribution in [2.24, 2.45) is 11.7 Å². The van der Waals surface area contributed by atoms with Crippen molar-refractivity contribution in [3.63, 3.8) is 0 Å². The predicted octanol–water partition coefficient (Wildman–Crippen LogP) is 0.165. The van der Waals surface area contributed by atoms with Crippen LogP contribution in [-0.2, 0) is 14.3 Å². The van der Waals surface area contributed by atoms with Crippen molar-refractivity contribution in [3.05, 3.63) is 0 Å². The zero-order chi connectivity index (χ0) is 21.8. The summed E-state index contributed by atoms with van der Waals surface area (Å²) in [6.07, 6.45) is -1.27. The molecule has 186 valence electrons. The van der Waals surface area contributed by atoms with E-state index in [0.29, 0.717) is 51.9 Å². The van der Waals surface area contributed by atoms with Gasteiger partial charge in [-0.15, -0.1) is 24.8 Å². The van der Waals surface area contributed by atoms with Gasteiger partial charge in [0.2, 0.25) is 11.8 Å². The summed E-state index contributed by atoms with van der Waals surface area (Å²) in [7, 11) is 0. The summed E-state index contributed by atoms with van der Waals surface area (Å²) in [5.41, 5.74) is 5.51. The molecule has 31 heavy (non-hydrogen) atoms. The van der Waals surface area contributed by atoms with Crippen molar-refractivity contribution < 1.29 is 29.6 Å². The number of hydrogen-bond donors (Lipinski definition) is 4. The Morgan fingerprint density at radius 1 is 1.00 bits per heavy atom. The minimum Gasteiger partial charge on any atom is -0.388 e. The lowest BCUT2D eigenvalue weighted by molar-refractivity contribution is -0.140. The van der Waals surface area contributed by atoms with E-state index < -0.39 is 18.3 Å². The Labute approximate surface area is 198 Å². The lowest BCUT2D eigenvalue weighted by atomic mass is 10.1. The molecule has 0 aromatic rings. The van der Waals surface area contributed by atoms with Crippen LogP contribution in [0.5, 0.6) is 0 Å². The van der Waals surface area contributed by atoms with E-state index in [0.717, 1.165) is 6.42 Å². The van der Waals surface area contributed by atoms with Crippen LogP contribution in [0.4, 0.5) is 0 Å². The zero-order valence-electron chi connectivity index (χ0n) is 18.6. The van der Waals surface area contributed by atoms with Crippen LogP contribution in [-0.4, -0.2) is 101 Å². The van der Waals surface area contributed by atoms with Gasteiger partial charge in [0.25, 0.3) is 0 Å². The molecule has 0 saturated carbocycles. The quantitative estimate of drug-likeness (QED) is 0.431. The molecule has 1 aliphatic heterocycles. The van der Waals surface area contributed by atoms with Crippen LogP contribution < -0.4 is 5.73 Å². The van der Waals surface area contributed by atoms with E-state index in [1.165, 1.54) is 4.90 Å². The number of nitrogens with two attached hydrogens (primary N) is 1. The van der Waals surface area contributed by atoms with Crippen molar-refractivity contribution in [2.75, 3.05) is 45.9 Å². The Morgan fingerprint density at radius 3 is 2.26 bits per heavy atom. The zero-order valence-corrected chi connectivity index (χ0v) is 20.3. The molecule has 0 bridgehead atoms. The summed E-state index contributed by atoms with van der Waals surface area (Å²) in [6.45, 7) is 5.63. The van der Waals surface area contributed by atoms with Crippen LogP contribution in [0.1, 0.15) is 46.0 Å². The smallest absolute Gasteiger partial charge is 0.222 e. The first-order valence-corrected chi connectivity index (χ1v) is 10.6. The number of aliphatic hydroxyl groups excluding tert-OH is 3. The standard InChI is InChI=1S/C20H39N3O6.2ClH/c1-15(2)12-19(27)23-10-9-22(18(26)6-5-7-21)8-3-4-11-29-14-17(25)20(28)16(24)13-23;;/h15-17,20,24-25,28H,3-14,21H2,1-2H3;2*1H/t16-,17+,20+;;/m0../s1. The highest BCUT2D eigenvalue weighted by atomic mass is 35.5. The number of ether oxygens (including phenoxy) is 1. The van der Waals surface area contributed by atoms with Gasteiger partial charge in [0.1, 0.15) is 18.3 Å². The number of halogens is 2. The molecule has 2 amide bonds. The molecular formula is C20H41Cl2N3O6. The van der Waals surface area contributed by atoms with Gasteiger partial charge in [-0.05, 0) is 31.7 Å². The summed E-state index contributed by atoms with van der Waals surface area (Å²) < 4.78 is 5.38. The minimum atomic E-state index is -1.42. The molecule has 11 heteroatoms. The molecular weight excluding hydrogens is 449 g/mol. The van der Waals surface area contributed by atoms with Crippen molar-refractivity contribution in [1.29, 1.82) is 0 Å². The summed E-state index contributed by atoms with van der Waals surface area (Å²) in [4.78, 5) is 28.4. The second-order valence-electron chi connectivity index (χ2n) is 8.12. The first kappa shape index (κ1) is 32.5. The van der Waals surface area contributed by atoms with E-state index in [2.05, 4.69) is 0 Å². The van der Waals surface area contributed by atoms with Crippen LogP contribution in [0.15, 0.2) is 0 Å². The van der Waals surface area contributed by atoms with Gasteiger partial charge >= 0.3 is 0 Å². The second-order valence-corrected chi connectivity index (χ2v) is 8.12. The minimum absolute atomic E-state index is 0. The largest absolute Gasteiger partial charge is 0.388 e. The van der Waals surface area contributed by atoms with Gasteiger partial charge in [0, 0.05) is 45.6 Å². The number of β-amino-alcohol motifs (C(OH)–C–C–N with tert-alkyl or cyclic N) is 1. The number of amides is 2. The molecule has 0 spiro atoms. The average Bonchev–Trinajstić information content (AvgIpc) is 2.67. The number of nitrogens with zero attached hydrogens (tertiary/aromatic N) is 2. The third kappa shape index (κ3) is 12.8. The molecule has 5 N–H and O–H groups in total. The fraction of sp³-hybridized carbons (Fsp3) is 0.900. The van der Waals surface area contributed by atoms with E-state index in [1.54, 1.807) is 4.90 Å². The molecule has 1 heterocycles. The maximum absolute atomic E-state index is 12.7. The number of hydrogen-bond acceptors (Lipinski definition) is 7. The first-order valence-electron chi connectivity index (χ1n) is 10.6. The number of rotatable bonds is 5. The van der Waals surface area contributed by atoms with Crippen LogP contribution in [0.3, 0.4) is 0 Å². The normalized spacial score (nSPS) is 24.0. The molecule has 0 unspecified atom stereocenters. The predicted molar refractivity (Wildman–Crippen MR) is 123 cm³/mol. The van der Waals surface area contributed by atoms with E-state index >= 15 is 0 Å². The maximum Gasteiger partial charge on any atom is 0.222 e. The lowest BCUT2D eigenvalue weighted by Crippen LogP contribution is -2.50. The van der Waals surface area contributed by atoms with Gasteiger partial charge in [-0.1, -0.05) is 13.8 Å². The second kappa shape index (κ2) is 17.8. The van der Waals surface area contributed by atoms with E-state index in [9.17, 15) is 24.9 Å². The Hall–Kier alpha value is -0.680. The summed E-state index contributed by atoms with van der Waals surface area (Å²) >= 11 is 0. The molecule has 9 nitrogen and oxygen atoms in total. The van der Waals surface area contributed by atoms with Gasteiger partial charge in [-0.3, -0.25) is 9.59 Å². The molecule has 1 rings (SSSR count). The van der Waals surface area contributed by atoms with Gasteiger partial charge < -0.3 is 35.6 Å². The maximum atomic E-state index is 12.7. The SMILES string of the molecule is CC(C)CC(=O)N1CCN(C(=O)CCCN)CCCCOC[C@@H](O)[C@H](O)[C@@H](O)C1.Cl.Cl. The van der Waals surface area contributed by atoms with Gasteiger partial charge in [-0.2, -0.15) is 0 Å². The number of carbonyl (C=O) groups excluding carboxylic acids is 2. The molecule has 1 fully saturated rings. The topological polar surface area (TPSA) is 137 Å². The van der Waals surface area contributed by atoms with Gasteiger partial charge in [-0.25, -0.2) is 0 Å². The van der Waals surface area contributed by atoms with E-state index in [4.69, 9.17) is 10.5 Å². The highest BCUT2D eigenvalue weighted by molar-refractivity contribution is 5.85. The Bertz CT molecular complexity index is 502. The third-order valence-corrected chi connectivity index (χ3v) is 4.97. The molecule has 0 aliphatic carbocycles. The van der Waals surface area contributed by atoms with Gasteiger partial charge in [0.05, 0.1) is 6.61 Å². The Kier molecular flexibility index (Phi) is 18.7. The third-order valence-electron chi connectivity index (χ3n) is 4.97. The summed E-state index contributed by atoms with van der Waals surface area (Å²) in [5.74, 6) is -0.0203. The summed E-state index contributed by atoms with van der Waals surface area (Å²) in [6, 6.07) is 0. The average molecular weight is 490 g/mol. The molecule has 1 aliphatic rings. The van der Waals surface area contributed by atoms with Crippen molar-refractivity contribution in [2.45, 2.75) is 64.3 Å². The molecule has 0 aromatic heterocycles. The fourth-order valence-electron chi connectivity index (χ4n) is 3.21. The molecule has 1 saturated heterocycles. The number of aliphatic hydroxyl groups is 3. The monoisotopic (exact) mass is 489 g/mol. The highest BCUT2D eigenvalue weighted by Gasteiger charge is 2.29. The highest BCUT2D eigenvalue weighted by Crippen LogP contribution is 2.11. The molecule has 3 atom stereocenters. The van der Waals surface area contributed by atoms with Crippen molar-refractivity contribution >= 4 is 36.6 Å². The van der Waals surface area contributed by atoms with E-state index in [-0.39, 0.29) is 62.2 Å². The number of carbonyl (C=O) groups is 2. The van der Waals surface area contributed by atoms with Crippen LogP contribution in [0, 0.1) is 5.92 Å². The molecule has 0 aromatic carbocycles. The van der Waals surface area contributed by atoms with E-state index in [1.807, 2.05) is 13.8 Å². The lowest BCUT2D eigenvalue weighted by Gasteiger charge is -2.32. The Balaban J connectivity index is 0.